The first kappa shape index (κ1) is 14.0. The van der Waals surface area contributed by atoms with E-state index in [0.717, 1.165) is 0 Å². The number of nitrogens with zero attached hydrogens (tertiary/aromatic N) is 2. The third kappa shape index (κ3) is 2.93. The smallest absolute Gasteiger partial charge is 0.305 e. The summed E-state index contributed by atoms with van der Waals surface area (Å²) in [5.74, 6) is -1.99. The molecule has 2 N–H and O–H groups in total. The molecule has 2 heterocycles. The highest BCUT2D eigenvalue weighted by molar-refractivity contribution is 5.98. The van der Waals surface area contributed by atoms with Crippen LogP contribution < -0.4 is 5.32 Å². The van der Waals surface area contributed by atoms with Crippen molar-refractivity contribution in [2.24, 2.45) is 0 Å². The first-order chi connectivity index (χ1) is 9.49. The molecule has 2 amide bonds. The van der Waals surface area contributed by atoms with Crippen molar-refractivity contribution < 1.29 is 19.5 Å². The molecule has 1 aliphatic rings. The Balaban J connectivity index is 2.25. The summed E-state index contributed by atoms with van der Waals surface area (Å²) in [5.41, 5.74) is 0.905. The molecule has 0 aromatic carbocycles. The highest BCUT2D eigenvalue weighted by Crippen LogP contribution is 2.13. The van der Waals surface area contributed by atoms with Gasteiger partial charge in [-0.1, -0.05) is 6.07 Å². The molecule has 0 saturated carbocycles. The third-order valence-corrected chi connectivity index (χ3v) is 3.07. The fourth-order valence-electron chi connectivity index (χ4n) is 2.14. The fraction of sp³-hybridized carbons (Fsp3) is 0.385. The molecule has 0 aliphatic carbocycles. The largest absolute Gasteiger partial charge is 0.481 e. The Kier molecular flexibility index (Phi) is 3.97. The highest BCUT2D eigenvalue weighted by atomic mass is 16.4. The molecule has 1 saturated heterocycles. The lowest BCUT2D eigenvalue weighted by Gasteiger charge is -2.34. The van der Waals surface area contributed by atoms with E-state index in [4.69, 9.17) is 5.11 Å². The average Bonchev–Trinajstić information content (AvgIpc) is 2.40. The molecule has 0 radical (unpaired) electrons. The SMILES string of the molecule is Cc1cccc(C(=O)N2CCNC(=O)C2CC(=O)O)n1. The quantitative estimate of drug-likeness (QED) is 0.797. The van der Waals surface area contributed by atoms with Crippen molar-refractivity contribution in [2.45, 2.75) is 19.4 Å². The van der Waals surface area contributed by atoms with Crippen molar-refractivity contribution in [1.29, 1.82) is 0 Å². The second-order valence-electron chi connectivity index (χ2n) is 4.57. The van der Waals surface area contributed by atoms with E-state index >= 15 is 0 Å². The van der Waals surface area contributed by atoms with Gasteiger partial charge in [0.25, 0.3) is 5.91 Å². The van der Waals surface area contributed by atoms with Crippen molar-refractivity contribution in [3.8, 4) is 0 Å². The van der Waals surface area contributed by atoms with E-state index in [2.05, 4.69) is 10.3 Å². The molecule has 1 aromatic rings. The van der Waals surface area contributed by atoms with Crippen LogP contribution in [0.25, 0.3) is 0 Å². The van der Waals surface area contributed by atoms with E-state index in [1.165, 1.54) is 4.90 Å². The number of amides is 2. The summed E-state index contributed by atoms with van der Waals surface area (Å²) in [6.07, 6.45) is -0.413. The van der Waals surface area contributed by atoms with Crippen molar-refractivity contribution in [3.05, 3.63) is 29.6 Å². The molecule has 2 rings (SSSR count). The van der Waals surface area contributed by atoms with Crippen LogP contribution in [0.1, 0.15) is 22.6 Å². The van der Waals surface area contributed by atoms with Gasteiger partial charge in [-0.05, 0) is 19.1 Å². The Bertz CT molecular complexity index is 558. The van der Waals surface area contributed by atoms with Crippen molar-refractivity contribution in [3.63, 3.8) is 0 Å². The monoisotopic (exact) mass is 277 g/mol. The summed E-state index contributed by atoms with van der Waals surface area (Å²) in [5, 5.41) is 11.4. The van der Waals surface area contributed by atoms with E-state index in [9.17, 15) is 14.4 Å². The Morgan fingerprint density at radius 2 is 2.25 bits per heavy atom. The summed E-state index contributed by atoms with van der Waals surface area (Å²) >= 11 is 0. The lowest BCUT2D eigenvalue weighted by Crippen LogP contribution is -2.57. The van der Waals surface area contributed by atoms with Crippen molar-refractivity contribution >= 4 is 17.8 Å². The van der Waals surface area contributed by atoms with Crippen molar-refractivity contribution in [1.82, 2.24) is 15.2 Å². The average molecular weight is 277 g/mol. The molecular formula is C13H15N3O4. The van der Waals surface area contributed by atoms with Crippen LogP contribution >= 0.6 is 0 Å². The number of rotatable bonds is 3. The lowest BCUT2D eigenvalue weighted by atomic mass is 10.1. The van der Waals surface area contributed by atoms with Crippen LogP contribution in [-0.4, -0.2) is 51.9 Å². The molecule has 1 fully saturated rings. The maximum Gasteiger partial charge on any atom is 0.305 e. The van der Waals surface area contributed by atoms with E-state index < -0.39 is 30.2 Å². The number of aliphatic carboxylic acids is 1. The number of nitrogens with one attached hydrogen (secondary N) is 1. The Morgan fingerprint density at radius 1 is 1.50 bits per heavy atom. The number of pyridine rings is 1. The molecule has 106 valence electrons. The van der Waals surface area contributed by atoms with Gasteiger partial charge in [-0.15, -0.1) is 0 Å². The van der Waals surface area contributed by atoms with Crippen molar-refractivity contribution in [2.75, 3.05) is 13.1 Å². The number of carboxylic acid groups (broad SMARTS) is 1. The molecular weight excluding hydrogens is 262 g/mol. The molecule has 20 heavy (non-hydrogen) atoms. The van der Waals surface area contributed by atoms with E-state index in [-0.39, 0.29) is 12.2 Å². The summed E-state index contributed by atoms with van der Waals surface area (Å²) in [6, 6.07) is 4.02. The number of carboxylic acids is 1. The number of hydrogen-bond donors (Lipinski definition) is 2. The molecule has 1 unspecified atom stereocenters. The minimum absolute atomic E-state index is 0.218. The molecule has 0 bridgehead atoms. The number of aromatic nitrogens is 1. The van der Waals surface area contributed by atoms with Gasteiger partial charge in [-0.2, -0.15) is 0 Å². The first-order valence-electron chi connectivity index (χ1n) is 6.23. The number of carbonyl (C=O) groups excluding carboxylic acids is 2. The standard InChI is InChI=1S/C13H15N3O4/c1-8-3-2-4-9(15-8)13(20)16-6-5-14-12(19)10(16)7-11(17)18/h2-4,10H,5-7H2,1H3,(H,14,19)(H,17,18). The van der Waals surface area contributed by atoms with Gasteiger partial charge < -0.3 is 15.3 Å². The van der Waals surface area contributed by atoms with Crippen LogP contribution in [0, 0.1) is 6.92 Å². The number of hydrogen-bond acceptors (Lipinski definition) is 4. The summed E-state index contributed by atoms with van der Waals surface area (Å²) in [6.45, 7) is 2.35. The molecule has 1 atom stereocenters. The Hall–Kier alpha value is -2.44. The van der Waals surface area contributed by atoms with E-state index in [1.807, 2.05) is 0 Å². The van der Waals surface area contributed by atoms with Crippen LogP contribution in [0.15, 0.2) is 18.2 Å². The summed E-state index contributed by atoms with van der Waals surface area (Å²) < 4.78 is 0. The highest BCUT2D eigenvalue weighted by Gasteiger charge is 2.35. The number of aryl methyl sites for hydroxylation is 1. The second-order valence-corrected chi connectivity index (χ2v) is 4.57. The van der Waals surface area contributed by atoms with Gasteiger partial charge in [0.2, 0.25) is 5.91 Å². The van der Waals surface area contributed by atoms with Gasteiger partial charge in [-0.25, -0.2) is 4.98 Å². The minimum Gasteiger partial charge on any atom is -0.481 e. The van der Waals surface area contributed by atoms with E-state index in [0.29, 0.717) is 12.2 Å². The zero-order chi connectivity index (χ0) is 14.7. The topological polar surface area (TPSA) is 99.6 Å². The van der Waals surface area contributed by atoms with Crippen LogP contribution in [0.5, 0.6) is 0 Å². The number of carbonyl (C=O) groups is 3. The Morgan fingerprint density at radius 3 is 2.90 bits per heavy atom. The molecule has 1 aromatic heterocycles. The fourth-order valence-corrected chi connectivity index (χ4v) is 2.14. The molecule has 7 nitrogen and oxygen atoms in total. The lowest BCUT2D eigenvalue weighted by molar-refractivity contribution is -0.142. The first-order valence-corrected chi connectivity index (χ1v) is 6.23. The van der Waals surface area contributed by atoms with Gasteiger partial charge in [0.05, 0.1) is 6.42 Å². The summed E-state index contributed by atoms with van der Waals surface area (Å²) in [7, 11) is 0. The van der Waals surface area contributed by atoms with Crippen LogP contribution in [0.2, 0.25) is 0 Å². The predicted octanol–water partition coefficient (Wildman–Crippen LogP) is -0.195. The maximum atomic E-state index is 12.4. The normalized spacial score (nSPS) is 18.6. The molecule has 1 aliphatic heterocycles. The third-order valence-electron chi connectivity index (χ3n) is 3.07. The zero-order valence-electron chi connectivity index (χ0n) is 11.0. The number of piperazine rings is 1. The Labute approximate surface area is 115 Å². The molecule has 0 spiro atoms. The minimum atomic E-state index is -1.12. The zero-order valence-corrected chi connectivity index (χ0v) is 11.0. The van der Waals surface area contributed by atoms with Gasteiger partial charge in [0, 0.05) is 18.8 Å². The molecule has 7 heteroatoms. The second kappa shape index (κ2) is 5.68. The van der Waals surface area contributed by atoms with Gasteiger partial charge >= 0.3 is 5.97 Å². The predicted molar refractivity (Wildman–Crippen MR) is 69.1 cm³/mol. The van der Waals surface area contributed by atoms with Gasteiger partial charge in [0.15, 0.2) is 0 Å². The summed E-state index contributed by atoms with van der Waals surface area (Å²) in [4.78, 5) is 40.4. The van der Waals surface area contributed by atoms with Crippen LogP contribution in [0.3, 0.4) is 0 Å². The van der Waals surface area contributed by atoms with E-state index in [1.54, 1.807) is 25.1 Å². The maximum absolute atomic E-state index is 12.4. The van der Waals surface area contributed by atoms with Gasteiger partial charge in [-0.3, -0.25) is 14.4 Å². The van der Waals surface area contributed by atoms with Crippen LogP contribution in [0.4, 0.5) is 0 Å². The van der Waals surface area contributed by atoms with Gasteiger partial charge in [0.1, 0.15) is 11.7 Å². The van der Waals surface area contributed by atoms with Crippen LogP contribution in [-0.2, 0) is 9.59 Å².